The lowest BCUT2D eigenvalue weighted by atomic mass is 10.1. The van der Waals surface area contributed by atoms with Crippen LogP contribution in [0.15, 0.2) is 18.2 Å². The second-order valence-electron chi connectivity index (χ2n) is 3.21. The standard InChI is InChI=1S/C11H15FO2/c1-3-6-14-11-7-9(12)4-5-10(11)8(2)13/h4-5,7-8,13H,3,6H2,1-2H3/t8-/m0/s1. The van der Waals surface area contributed by atoms with Gasteiger partial charge in [0.05, 0.1) is 12.7 Å². The van der Waals surface area contributed by atoms with E-state index in [-0.39, 0.29) is 5.82 Å². The molecule has 2 nitrogen and oxygen atoms in total. The van der Waals surface area contributed by atoms with Gasteiger partial charge in [0.15, 0.2) is 0 Å². The molecule has 0 aliphatic carbocycles. The third kappa shape index (κ3) is 2.70. The largest absolute Gasteiger partial charge is 0.493 e. The molecule has 1 atom stereocenters. The van der Waals surface area contributed by atoms with Crippen LogP contribution in [0, 0.1) is 5.82 Å². The van der Waals surface area contributed by atoms with E-state index in [9.17, 15) is 9.50 Å². The molecule has 0 aliphatic heterocycles. The second kappa shape index (κ2) is 4.96. The van der Waals surface area contributed by atoms with Crippen LogP contribution in [-0.4, -0.2) is 11.7 Å². The Morgan fingerprint density at radius 1 is 1.50 bits per heavy atom. The molecule has 1 aromatic rings. The molecular weight excluding hydrogens is 183 g/mol. The third-order valence-corrected chi connectivity index (χ3v) is 1.89. The van der Waals surface area contributed by atoms with Crippen molar-refractivity contribution in [2.45, 2.75) is 26.4 Å². The van der Waals surface area contributed by atoms with Crippen LogP contribution in [0.3, 0.4) is 0 Å². The zero-order valence-electron chi connectivity index (χ0n) is 8.46. The molecule has 0 heterocycles. The number of aliphatic hydroxyl groups excluding tert-OH is 1. The van der Waals surface area contributed by atoms with E-state index in [1.54, 1.807) is 13.0 Å². The summed E-state index contributed by atoms with van der Waals surface area (Å²) in [5.41, 5.74) is 0.625. The topological polar surface area (TPSA) is 29.5 Å². The molecule has 0 unspecified atom stereocenters. The lowest BCUT2D eigenvalue weighted by Gasteiger charge is -2.12. The monoisotopic (exact) mass is 198 g/mol. The molecule has 0 spiro atoms. The fourth-order valence-corrected chi connectivity index (χ4v) is 1.19. The Balaban J connectivity index is 2.91. The van der Waals surface area contributed by atoms with E-state index in [4.69, 9.17) is 4.74 Å². The van der Waals surface area contributed by atoms with E-state index in [0.717, 1.165) is 6.42 Å². The minimum Gasteiger partial charge on any atom is -0.493 e. The molecule has 14 heavy (non-hydrogen) atoms. The van der Waals surface area contributed by atoms with E-state index in [1.807, 2.05) is 6.92 Å². The molecule has 3 heteroatoms. The van der Waals surface area contributed by atoms with E-state index in [0.29, 0.717) is 17.9 Å². The van der Waals surface area contributed by atoms with Crippen molar-refractivity contribution in [1.29, 1.82) is 0 Å². The Kier molecular flexibility index (Phi) is 3.89. The number of hydrogen-bond donors (Lipinski definition) is 1. The fourth-order valence-electron chi connectivity index (χ4n) is 1.19. The van der Waals surface area contributed by atoms with Crippen molar-refractivity contribution in [3.05, 3.63) is 29.6 Å². The summed E-state index contributed by atoms with van der Waals surface area (Å²) in [5.74, 6) is 0.0855. The lowest BCUT2D eigenvalue weighted by Crippen LogP contribution is -2.01. The molecule has 1 rings (SSSR count). The summed E-state index contributed by atoms with van der Waals surface area (Å²) >= 11 is 0. The Labute approximate surface area is 83.3 Å². The summed E-state index contributed by atoms with van der Waals surface area (Å²) < 4.78 is 18.2. The van der Waals surface area contributed by atoms with Crippen molar-refractivity contribution in [3.8, 4) is 5.75 Å². The SMILES string of the molecule is CCCOc1cc(F)ccc1[C@H](C)O. The molecule has 0 aromatic heterocycles. The van der Waals surface area contributed by atoms with Crippen LogP contribution in [0.25, 0.3) is 0 Å². The van der Waals surface area contributed by atoms with Gasteiger partial charge in [0, 0.05) is 11.6 Å². The first-order chi connectivity index (χ1) is 6.65. The Morgan fingerprint density at radius 2 is 2.21 bits per heavy atom. The van der Waals surface area contributed by atoms with Crippen LogP contribution in [0.1, 0.15) is 31.9 Å². The number of aliphatic hydroxyl groups is 1. The van der Waals surface area contributed by atoms with Crippen molar-refractivity contribution >= 4 is 0 Å². The van der Waals surface area contributed by atoms with E-state index < -0.39 is 6.10 Å². The molecule has 78 valence electrons. The minimum atomic E-state index is -0.637. The van der Waals surface area contributed by atoms with Gasteiger partial charge in [-0.1, -0.05) is 6.92 Å². The first-order valence-corrected chi connectivity index (χ1v) is 4.75. The van der Waals surface area contributed by atoms with Gasteiger partial charge in [-0.05, 0) is 25.5 Å². The van der Waals surface area contributed by atoms with Gasteiger partial charge in [-0.15, -0.1) is 0 Å². The molecule has 0 aliphatic rings. The van der Waals surface area contributed by atoms with Gasteiger partial charge >= 0.3 is 0 Å². The van der Waals surface area contributed by atoms with Crippen LogP contribution in [0.4, 0.5) is 4.39 Å². The Morgan fingerprint density at radius 3 is 2.79 bits per heavy atom. The maximum atomic E-state index is 12.9. The summed E-state index contributed by atoms with van der Waals surface area (Å²) in [5, 5.41) is 9.39. The third-order valence-electron chi connectivity index (χ3n) is 1.89. The molecule has 0 bridgehead atoms. The van der Waals surface area contributed by atoms with Gasteiger partial charge in [-0.2, -0.15) is 0 Å². The van der Waals surface area contributed by atoms with Crippen LogP contribution in [0.2, 0.25) is 0 Å². The molecule has 0 saturated heterocycles. The predicted molar refractivity (Wildman–Crippen MR) is 52.8 cm³/mol. The average molecular weight is 198 g/mol. The van der Waals surface area contributed by atoms with Crippen LogP contribution >= 0.6 is 0 Å². The van der Waals surface area contributed by atoms with Crippen molar-refractivity contribution in [2.75, 3.05) is 6.61 Å². The highest BCUT2D eigenvalue weighted by Crippen LogP contribution is 2.25. The quantitative estimate of drug-likeness (QED) is 0.806. The number of rotatable bonds is 4. The van der Waals surface area contributed by atoms with E-state index in [2.05, 4.69) is 0 Å². The molecule has 0 fully saturated rings. The average Bonchev–Trinajstić information content (AvgIpc) is 2.14. The summed E-state index contributed by atoms with van der Waals surface area (Å²) in [6.45, 7) is 4.14. The fraction of sp³-hybridized carbons (Fsp3) is 0.455. The first kappa shape index (κ1) is 11.0. The summed E-state index contributed by atoms with van der Waals surface area (Å²) in [6.07, 6.45) is 0.220. The molecule has 1 N–H and O–H groups in total. The van der Waals surface area contributed by atoms with Crippen molar-refractivity contribution in [2.24, 2.45) is 0 Å². The van der Waals surface area contributed by atoms with Crippen molar-refractivity contribution in [3.63, 3.8) is 0 Å². The van der Waals surface area contributed by atoms with Crippen LogP contribution in [0.5, 0.6) is 5.75 Å². The van der Waals surface area contributed by atoms with E-state index in [1.165, 1.54) is 12.1 Å². The van der Waals surface area contributed by atoms with Gasteiger partial charge in [0.2, 0.25) is 0 Å². The molecule has 0 amide bonds. The Bertz CT molecular complexity index is 297. The van der Waals surface area contributed by atoms with Crippen LogP contribution in [-0.2, 0) is 0 Å². The number of hydrogen-bond acceptors (Lipinski definition) is 2. The van der Waals surface area contributed by atoms with Gasteiger partial charge in [-0.25, -0.2) is 4.39 Å². The van der Waals surface area contributed by atoms with Gasteiger partial charge in [0.1, 0.15) is 11.6 Å². The van der Waals surface area contributed by atoms with Crippen molar-refractivity contribution in [1.82, 2.24) is 0 Å². The molecule has 0 radical (unpaired) electrons. The highest BCUT2D eigenvalue weighted by atomic mass is 19.1. The minimum absolute atomic E-state index is 0.347. The smallest absolute Gasteiger partial charge is 0.127 e. The Hall–Kier alpha value is -1.09. The van der Waals surface area contributed by atoms with Gasteiger partial charge in [0.25, 0.3) is 0 Å². The maximum Gasteiger partial charge on any atom is 0.127 e. The first-order valence-electron chi connectivity index (χ1n) is 4.75. The van der Waals surface area contributed by atoms with Gasteiger partial charge < -0.3 is 9.84 Å². The summed E-state index contributed by atoms with van der Waals surface area (Å²) in [7, 11) is 0. The highest BCUT2D eigenvalue weighted by molar-refractivity contribution is 5.35. The number of halogens is 1. The van der Waals surface area contributed by atoms with Crippen LogP contribution < -0.4 is 4.74 Å². The second-order valence-corrected chi connectivity index (χ2v) is 3.21. The highest BCUT2D eigenvalue weighted by Gasteiger charge is 2.09. The molecular formula is C11H15FO2. The zero-order chi connectivity index (χ0) is 10.6. The van der Waals surface area contributed by atoms with E-state index >= 15 is 0 Å². The number of ether oxygens (including phenoxy) is 1. The van der Waals surface area contributed by atoms with Gasteiger partial charge in [-0.3, -0.25) is 0 Å². The number of benzene rings is 1. The zero-order valence-corrected chi connectivity index (χ0v) is 8.46. The normalized spacial score (nSPS) is 12.6. The molecule has 0 saturated carbocycles. The lowest BCUT2D eigenvalue weighted by molar-refractivity contribution is 0.191. The maximum absolute atomic E-state index is 12.9. The van der Waals surface area contributed by atoms with Crippen molar-refractivity contribution < 1.29 is 14.2 Å². The molecule has 1 aromatic carbocycles. The predicted octanol–water partition coefficient (Wildman–Crippen LogP) is 2.67. The summed E-state index contributed by atoms with van der Waals surface area (Å²) in [6, 6.07) is 4.17. The summed E-state index contributed by atoms with van der Waals surface area (Å²) in [4.78, 5) is 0.